The topological polar surface area (TPSA) is 29.1 Å². The summed E-state index contributed by atoms with van der Waals surface area (Å²) in [7, 11) is 0. The number of carbonyl (C=O) groups is 1. The summed E-state index contributed by atoms with van der Waals surface area (Å²) in [6, 6.07) is 2.90. The minimum atomic E-state index is -4.47. The fraction of sp³-hybridized carbons (Fsp3) is 0.300. The Morgan fingerprint density at radius 1 is 1.41 bits per heavy atom. The molecule has 0 aromatic heterocycles. The van der Waals surface area contributed by atoms with Crippen LogP contribution in [0.1, 0.15) is 15.9 Å². The average Bonchev–Trinajstić information content (AvgIpc) is 2.24. The van der Waals surface area contributed by atoms with Gasteiger partial charge in [0.15, 0.2) is 0 Å². The van der Waals surface area contributed by atoms with Crippen LogP contribution in [0.5, 0.6) is 0 Å². The number of alkyl halides is 4. The van der Waals surface area contributed by atoms with Crippen LogP contribution in [0.4, 0.5) is 13.2 Å². The third-order valence-electron chi connectivity index (χ3n) is 1.92. The Morgan fingerprint density at radius 2 is 2.06 bits per heavy atom. The van der Waals surface area contributed by atoms with Crippen LogP contribution in [0.25, 0.3) is 0 Å². The molecule has 0 saturated heterocycles. The molecular weight excluding hydrogens is 322 g/mol. The van der Waals surface area contributed by atoms with E-state index in [2.05, 4.69) is 21.2 Å². The lowest BCUT2D eigenvalue weighted by molar-refractivity contribution is -0.137. The van der Waals surface area contributed by atoms with E-state index in [1.54, 1.807) is 0 Å². The third-order valence-corrected chi connectivity index (χ3v) is 2.80. The summed E-state index contributed by atoms with van der Waals surface area (Å²) in [5, 5.41) is 2.40. The van der Waals surface area contributed by atoms with Crippen molar-refractivity contribution in [2.24, 2.45) is 0 Å². The number of hydrogen-bond donors (Lipinski definition) is 1. The van der Waals surface area contributed by atoms with Gasteiger partial charge in [-0.3, -0.25) is 4.79 Å². The molecule has 17 heavy (non-hydrogen) atoms. The van der Waals surface area contributed by atoms with Crippen molar-refractivity contribution < 1.29 is 18.0 Å². The van der Waals surface area contributed by atoms with Crippen LogP contribution in [0.2, 0.25) is 0 Å². The zero-order valence-corrected chi connectivity index (χ0v) is 10.8. The molecule has 7 heteroatoms. The Morgan fingerprint density at radius 3 is 2.59 bits per heavy atom. The Labute approximate surface area is 109 Å². The van der Waals surface area contributed by atoms with Crippen LogP contribution in [-0.4, -0.2) is 18.3 Å². The summed E-state index contributed by atoms with van der Waals surface area (Å²) in [6.45, 7) is 0.197. The maximum absolute atomic E-state index is 12.4. The molecule has 0 saturated carbocycles. The molecule has 1 N–H and O–H groups in total. The number of benzene rings is 1. The third kappa shape index (κ3) is 3.89. The van der Waals surface area contributed by atoms with Gasteiger partial charge in [-0.05, 0) is 34.1 Å². The number of nitrogens with one attached hydrogen (secondary N) is 1. The molecule has 0 fully saturated rings. The van der Waals surface area contributed by atoms with Crippen molar-refractivity contribution in [2.45, 2.75) is 6.18 Å². The maximum Gasteiger partial charge on any atom is 0.416 e. The molecule has 94 valence electrons. The zero-order chi connectivity index (χ0) is 13.1. The van der Waals surface area contributed by atoms with Crippen molar-refractivity contribution in [3.63, 3.8) is 0 Å². The van der Waals surface area contributed by atoms with Crippen molar-refractivity contribution in [3.8, 4) is 0 Å². The summed E-state index contributed by atoms with van der Waals surface area (Å²) in [5.74, 6) is -0.397. The summed E-state index contributed by atoms with van der Waals surface area (Å²) < 4.78 is 37.6. The largest absolute Gasteiger partial charge is 0.416 e. The van der Waals surface area contributed by atoms with Crippen molar-refractivity contribution in [2.75, 3.05) is 12.4 Å². The predicted molar refractivity (Wildman–Crippen MR) is 62.2 cm³/mol. The van der Waals surface area contributed by atoms with Gasteiger partial charge >= 0.3 is 6.18 Å². The summed E-state index contributed by atoms with van der Waals surface area (Å²) in [6.07, 6.45) is -4.47. The molecule has 0 aliphatic heterocycles. The monoisotopic (exact) mass is 329 g/mol. The Bertz CT molecular complexity index is 423. The van der Waals surface area contributed by atoms with Crippen molar-refractivity contribution in [1.82, 2.24) is 5.32 Å². The van der Waals surface area contributed by atoms with Gasteiger partial charge in [-0.15, -0.1) is 11.6 Å². The van der Waals surface area contributed by atoms with E-state index in [-0.39, 0.29) is 18.0 Å². The van der Waals surface area contributed by atoms with E-state index in [4.69, 9.17) is 11.6 Å². The van der Waals surface area contributed by atoms with Gasteiger partial charge in [0.25, 0.3) is 5.91 Å². The first-order chi connectivity index (χ1) is 7.86. The van der Waals surface area contributed by atoms with E-state index >= 15 is 0 Å². The van der Waals surface area contributed by atoms with Crippen LogP contribution in [0.15, 0.2) is 22.7 Å². The smallest absolute Gasteiger partial charge is 0.351 e. The number of amides is 1. The maximum atomic E-state index is 12.4. The van der Waals surface area contributed by atoms with E-state index < -0.39 is 17.6 Å². The lowest BCUT2D eigenvalue weighted by Gasteiger charge is -2.10. The lowest BCUT2D eigenvalue weighted by atomic mass is 10.1. The molecule has 0 aliphatic rings. The predicted octanol–water partition coefficient (Wildman–Crippen LogP) is 3.44. The van der Waals surface area contributed by atoms with Gasteiger partial charge in [0, 0.05) is 16.9 Å². The molecule has 0 aliphatic carbocycles. The van der Waals surface area contributed by atoms with E-state index in [0.29, 0.717) is 4.47 Å². The summed E-state index contributed by atoms with van der Waals surface area (Å²) in [4.78, 5) is 11.5. The molecule has 1 aromatic rings. The molecule has 1 amide bonds. The first kappa shape index (κ1) is 14.3. The lowest BCUT2D eigenvalue weighted by Crippen LogP contribution is -2.26. The number of carbonyl (C=O) groups excluding carboxylic acids is 1. The van der Waals surface area contributed by atoms with Crippen molar-refractivity contribution in [1.29, 1.82) is 0 Å². The Kier molecular flexibility index (Phi) is 4.82. The van der Waals surface area contributed by atoms with Crippen molar-refractivity contribution in [3.05, 3.63) is 33.8 Å². The van der Waals surface area contributed by atoms with Crippen LogP contribution in [0.3, 0.4) is 0 Å². The van der Waals surface area contributed by atoms with Gasteiger partial charge in [0.05, 0.1) is 11.1 Å². The van der Waals surface area contributed by atoms with E-state index in [1.165, 1.54) is 6.07 Å². The molecule has 1 aromatic carbocycles. The first-order valence-corrected chi connectivity index (χ1v) is 5.90. The molecule has 0 atom stereocenters. The minimum Gasteiger partial charge on any atom is -0.351 e. The van der Waals surface area contributed by atoms with Gasteiger partial charge in [0.2, 0.25) is 0 Å². The minimum absolute atomic E-state index is 0.0649. The normalized spacial score (nSPS) is 11.4. The summed E-state index contributed by atoms with van der Waals surface area (Å²) >= 11 is 8.40. The quantitative estimate of drug-likeness (QED) is 0.845. The second-order valence-electron chi connectivity index (χ2n) is 3.14. The molecule has 0 unspecified atom stereocenters. The summed E-state index contributed by atoms with van der Waals surface area (Å²) in [5.41, 5.74) is -0.929. The van der Waals surface area contributed by atoms with E-state index in [1.807, 2.05) is 0 Å². The molecular formula is C10H8BrClF3NO. The average molecular weight is 331 g/mol. The number of rotatable bonds is 3. The second kappa shape index (κ2) is 5.73. The highest BCUT2D eigenvalue weighted by molar-refractivity contribution is 9.10. The molecule has 2 nitrogen and oxygen atoms in total. The zero-order valence-electron chi connectivity index (χ0n) is 8.44. The highest BCUT2D eigenvalue weighted by Gasteiger charge is 2.31. The van der Waals surface area contributed by atoms with Crippen LogP contribution in [0, 0.1) is 0 Å². The Hall–Kier alpha value is -0.750. The Balaban J connectivity index is 3.02. The standard InChI is InChI=1S/C10H8BrClF3NO/c11-8-2-1-6(10(13,14)15)5-7(8)9(17)16-4-3-12/h1-2,5H,3-4H2,(H,16,17). The fourth-order valence-electron chi connectivity index (χ4n) is 1.13. The molecule has 0 bridgehead atoms. The highest BCUT2D eigenvalue weighted by atomic mass is 79.9. The molecule has 0 spiro atoms. The van der Waals surface area contributed by atoms with Gasteiger partial charge in [-0.2, -0.15) is 13.2 Å². The van der Waals surface area contributed by atoms with Gasteiger partial charge in [0.1, 0.15) is 0 Å². The molecule has 1 rings (SSSR count). The van der Waals surface area contributed by atoms with Crippen LogP contribution in [-0.2, 0) is 6.18 Å². The van der Waals surface area contributed by atoms with Crippen molar-refractivity contribution >= 4 is 33.4 Å². The van der Waals surface area contributed by atoms with Gasteiger partial charge < -0.3 is 5.32 Å². The fourth-order valence-corrected chi connectivity index (χ4v) is 1.65. The first-order valence-electron chi connectivity index (χ1n) is 4.57. The number of hydrogen-bond acceptors (Lipinski definition) is 1. The van der Waals surface area contributed by atoms with Gasteiger partial charge in [-0.1, -0.05) is 0 Å². The van der Waals surface area contributed by atoms with Crippen LogP contribution < -0.4 is 5.32 Å². The van der Waals surface area contributed by atoms with Gasteiger partial charge in [-0.25, -0.2) is 0 Å². The molecule has 0 radical (unpaired) electrons. The number of halogens is 5. The SMILES string of the molecule is O=C(NCCCl)c1cc(C(F)(F)F)ccc1Br. The highest BCUT2D eigenvalue weighted by Crippen LogP contribution is 2.31. The molecule has 0 heterocycles. The van der Waals surface area contributed by atoms with E-state index in [0.717, 1.165) is 12.1 Å². The van der Waals surface area contributed by atoms with E-state index in [9.17, 15) is 18.0 Å². The second-order valence-corrected chi connectivity index (χ2v) is 4.37. The van der Waals surface area contributed by atoms with Crippen LogP contribution >= 0.6 is 27.5 Å².